The van der Waals surface area contributed by atoms with Gasteiger partial charge in [0.1, 0.15) is 11.6 Å². The molecule has 0 atom stereocenters. The Morgan fingerprint density at radius 1 is 0.900 bits per heavy atom. The number of aromatic nitrogens is 6. The van der Waals surface area contributed by atoms with Crippen LogP contribution in [0.1, 0.15) is 19.4 Å². The van der Waals surface area contributed by atoms with Gasteiger partial charge in [0.15, 0.2) is 0 Å². The first-order chi connectivity index (χ1) is 14.6. The van der Waals surface area contributed by atoms with Gasteiger partial charge < -0.3 is 9.88 Å². The summed E-state index contributed by atoms with van der Waals surface area (Å²) in [4.78, 5) is 13.4. The monoisotopic (exact) mass is 393 g/mol. The van der Waals surface area contributed by atoms with Gasteiger partial charge in [-0.2, -0.15) is 5.10 Å². The van der Waals surface area contributed by atoms with Gasteiger partial charge in [0, 0.05) is 42.1 Å². The summed E-state index contributed by atoms with van der Waals surface area (Å²) >= 11 is 0. The quantitative estimate of drug-likeness (QED) is 0.486. The molecule has 0 unspecified atom stereocenters. The lowest BCUT2D eigenvalue weighted by molar-refractivity contribution is 0.404. The van der Waals surface area contributed by atoms with E-state index in [0.717, 1.165) is 39.5 Å². The Bertz CT molecular complexity index is 1400. The maximum Gasteiger partial charge on any atom is 0.132 e. The predicted octanol–water partition coefficient (Wildman–Crippen LogP) is 4.52. The van der Waals surface area contributed by atoms with Crippen molar-refractivity contribution in [2.45, 2.75) is 19.4 Å². The fourth-order valence-corrected chi connectivity index (χ4v) is 3.90. The van der Waals surface area contributed by atoms with Gasteiger partial charge in [-0.3, -0.25) is 9.97 Å². The summed E-state index contributed by atoms with van der Waals surface area (Å²) < 4.78 is 4.06. The van der Waals surface area contributed by atoms with Crippen LogP contribution in [0.4, 0.5) is 11.6 Å². The van der Waals surface area contributed by atoms with Gasteiger partial charge >= 0.3 is 0 Å². The summed E-state index contributed by atoms with van der Waals surface area (Å²) in [5, 5.41) is 7.90. The van der Waals surface area contributed by atoms with Crippen LogP contribution in [0.15, 0.2) is 73.6 Å². The highest BCUT2D eigenvalue weighted by Crippen LogP contribution is 2.42. The third kappa shape index (κ3) is 2.52. The summed E-state index contributed by atoms with van der Waals surface area (Å²) in [6.45, 7) is 4.42. The molecule has 2 aliphatic rings. The summed E-state index contributed by atoms with van der Waals surface area (Å²) in [6.07, 6.45) is 11.3. The molecule has 0 fully saturated rings. The zero-order chi connectivity index (χ0) is 20.3. The van der Waals surface area contributed by atoms with Gasteiger partial charge in [-0.05, 0) is 55.8 Å². The predicted molar refractivity (Wildman–Crippen MR) is 116 cm³/mol. The van der Waals surface area contributed by atoms with Crippen LogP contribution in [-0.2, 0) is 5.54 Å². The molecule has 0 spiro atoms. The Hall–Kier alpha value is -4.00. The second-order valence-electron chi connectivity index (χ2n) is 8.01. The van der Waals surface area contributed by atoms with Gasteiger partial charge in [0.25, 0.3) is 0 Å². The average Bonchev–Trinajstić information content (AvgIpc) is 3.48. The zero-order valence-electron chi connectivity index (χ0n) is 16.6. The molecule has 146 valence electrons. The molecule has 0 amide bonds. The van der Waals surface area contributed by atoms with E-state index >= 15 is 0 Å². The number of fused-ring (bicyclic) bond motifs is 2. The second kappa shape index (κ2) is 6.00. The molecule has 0 aliphatic carbocycles. The molecule has 0 aromatic carbocycles. The smallest absolute Gasteiger partial charge is 0.132 e. The Morgan fingerprint density at radius 2 is 1.77 bits per heavy atom. The lowest BCUT2D eigenvalue weighted by atomic mass is 9.94. The van der Waals surface area contributed by atoms with Crippen LogP contribution < -0.4 is 5.32 Å². The van der Waals surface area contributed by atoms with Crippen LogP contribution in [0.25, 0.3) is 27.8 Å². The van der Waals surface area contributed by atoms with Crippen LogP contribution in [0.5, 0.6) is 0 Å². The molecule has 7 nitrogen and oxygen atoms in total. The Balaban J connectivity index is 1.33. The second-order valence-corrected chi connectivity index (χ2v) is 8.01. The standard InChI is InChI=1S/C23H19N7/c1-23(2)17-10-22(29(23)14-17)28-21-4-3-19-20(27-21)9-15(11-25-19)16-12-26-30(13-16)18-5-7-24-8-6-18/h3-14H,1-2H3,(H,27,28). The first-order valence-electron chi connectivity index (χ1n) is 9.80. The van der Waals surface area contributed by atoms with Crippen LogP contribution in [0, 0.1) is 0 Å². The van der Waals surface area contributed by atoms with Crippen LogP contribution in [-0.4, -0.2) is 29.3 Å². The molecule has 2 bridgehead atoms. The summed E-state index contributed by atoms with van der Waals surface area (Å²) in [7, 11) is 0. The molecule has 7 rings (SSSR count). The summed E-state index contributed by atoms with van der Waals surface area (Å²) in [6, 6.07) is 12.0. The molecule has 5 aromatic rings. The number of pyridine rings is 3. The number of hydrogen-bond acceptors (Lipinski definition) is 5. The van der Waals surface area contributed by atoms with Crippen LogP contribution in [0.3, 0.4) is 0 Å². The third-order valence-corrected chi connectivity index (χ3v) is 5.77. The molecule has 2 aliphatic heterocycles. The minimum absolute atomic E-state index is 0.0723. The van der Waals surface area contributed by atoms with Gasteiger partial charge in [-0.25, -0.2) is 9.67 Å². The summed E-state index contributed by atoms with van der Waals surface area (Å²) in [5.74, 6) is 1.86. The van der Waals surface area contributed by atoms with E-state index in [0.29, 0.717) is 0 Å². The van der Waals surface area contributed by atoms with E-state index in [1.165, 1.54) is 5.56 Å². The van der Waals surface area contributed by atoms with Crippen molar-refractivity contribution < 1.29 is 0 Å². The lowest BCUT2D eigenvalue weighted by Crippen LogP contribution is -2.31. The first kappa shape index (κ1) is 16.9. The van der Waals surface area contributed by atoms with E-state index in [1.54, 1.807) is 12.4 Å². The van der Waals surface area contributed by atoms with Gasteiger partial charge in [0.05, 0.1) is 28.5 Å². The molecular weight excluding hydrogens is 374 g/mol. The fraction of sp³-hybridized carbons (Fsp3) is 0.130. The molecule has 1 N–H and O–H groups in total. The minimum atomic E-state index is 0.0723. The first-order valence-corrected chi connectivity index (χ1v) is 9.80. The maximum atomic E-state index is 4.79. The largest absolute Gasteiger partial charge is 0.326 e. The van der Waals surface area contributed by atoms with Crippen molar-refractivity contribution in [3.8, 4) is 16.8 Å². The molecule has 7 heterocycles. The van der Waals surface area contributed by atoms with Gasteiger partial charge in [0.2, 0.25) is 0 Å². The van der Waals surface area contributed by atoms with E-state index < -0.39 is 0 Å². The average molecular weight is 393 g/mol. The highest BCUT2D eigenvalue weighted by atomic mass is 15.3. The molecule has 0 saturated carbocycles. The highest BCUT2D eigenvalue weighted by Gasteiger charge is 2.36. The van der Waals surface area contributed by atoms with Gasteiger partial charge in [-0.1, -0.05) is 0 Å². The molecule has 7 heteroatoms. The molecule has 30 heavy (non-hydrogen) atoms. The number of nitrogens with one attached hydrogen (secondary N) is 1. The van der Waals surface area contributed by atoms with Crippen molar-refractivity contribution in [1.29, 1.82) is 0 Å². The van der Waals surface area contributed by atoms with E-state index in [4.69, 9.17) is 4.98 Å². The topological polar surface area (TPSA) is 73.5 Å². The highest BCUT2D eigenvalue weighted by molar-refractivity contribution is 5.82. The lowest BCUT2D eigenvalue weighted by Gasteiger charge is -2.32. The van der Waals surface area contributed by atoms with Crippen LogP contribution in [0.2, 0.25) is 0 Å². The Morgan fingerprint density at radius 3 is 2.53 bits per heavy atom. The van der Waals surface area contributed by atoms with Crippen LogP contribution >= 0.6 is 0 Å². The van der Waals surface area contributed by atoms with Crippen molar-refractivity contribution in [2.24, 2.45) is 0 Å². The van der Waals surface area contributed by atoms with Crippen molar-refractivity contribution in [3.63, 3.8) is 0 Å². The molecule has 0 radical (unpaired) electrons. The third-order valence-electron chi connectivity index (χ3n) is 5.77. The number of rotatable bonds is 4. The van der Waals surface area contributed by atoms with Crippen molar-refractivity contribution in [1.82, 2.24) is 29.3 Å². The SMILES string of the molecule is CC1(C)c2cc(Nc3ccc4ncc(-c5cnn(-c6ccncc6)c5)cc4n3)n1c2. The minimum Gasteiger partial charge on any atom is -0.326 e. The normalized spacial score (nSPS) is 13.9. The number of anilines is 2. The van der Waals surface area contributed by atoms with Crippen molar-refractivity contribution >= 4 is 22.7 Å². The van der Waals surface area contributed by atoms with Crippen molar-refractivity contribution in [3.05, 3.63) is 79.1 Å². The number of hydrogen-bond donors (Lipinski definition) is 1. The molecule has 0 saturated heterocycles. The fourth-order valence-electron chi connectivity index (χ4n) is 3.90. The summed E-state index contributed by atoms with van der Waals surface area (Å²) in [5.41, 5.74) is 6.03. The van der Waals surface area contributed by atoms with E-state index in [1.807, 2.05) is 47.5 Å². The number of nitrogens with zero attached hydrogens (tertiary/aromatic N) is 6. The van der Waals surface area contributed by atoms with E-state index in [9.17, 15) is 0 Å². The molecular formula is C23H19N7. The maximum absolute atomic E-state index is 4.79. The Kier molecular flexibility index (Phi) is 3.38. The Labute approximate surface area is 173 Å². The van der Waals surface area contributed by atoms with Gasteiger partial charge in [-0.15, -0.1) is 0 Å². The van der Waals surface area contributed by atoms with E-state index in [2.05, 4.69) is 57.1 Å². The molecule has 5 aromatic heterocycles. The van der Waals surface area contributed by atoms with E-state index in [-0.39, 0.29) is 5.54 Å². The van der Waals surface area contributed by atoms with Crippen molar-refractivity contribution in [2.75, 3.05) is 5.32 Å². The zero-order valence-corrected chi connectivity index (χ0v) is 16.6.